The molecule has 166 valence electrons. The minimum Gasteiger partial charge on any atom is -0.339 e. The van der Waals surface area contributed by atoms with Gasteiger partial charge in [-0.05, 0) is 68.7 Å². The van der Waals surface area contributed by atoms with Crippen molar-refractivity contribution in [3.05, 3.63) is 89.7 Å². The molecule has 6 nitrogen and oxygen atoms in total. The third-order valence-corrected chi connectivity index (χ3v) is 6.15. The van der Waals surface area contributed by atoms with Crippen LogP contribution in [0.1, 0.15) is 45.8 Å². The van der Waals surface area contributed by atoms with E-state index >= 15 is 0 Å². The summed E-state index contributed by atoms with van der Waals surface area (Å²) in [5.74, 6) is 0.562. The summed E-state index contributed by atoms with van der Waals surface area (Å²) in [7, 11) is 0. The van der Waals surface area contributed by atoms with Gasteiger partial charge in [0.15, 0.2) is 0 Å². The Morgan fingerprint density at radius 3 is 2.39 bits per heavy atom. The van der Waals surface area contributed by atoms with Crippen molar-refractivity contribution in [2.75, 3.05) is 18.4 Å². The third-order valence-electron chi connectivity index (χ3n) is 6.15. The van der Waals surface area contributed by atoms with Crippen molar-refractivity contribution in [2.45, 2.75) is 26.2 Å². The van der Waals surface area contributed by atoms with Crippen molar-refractivity contribution < 1.29 is 9.59 Å². The number of amides is 2. The van der Waals surface area contributed by atoms with E-state index in [1.54, 1.807) is 24.3 Å². The Morgan fingerprint density at radius 1 is 0.879 bits per heavy atom. The maximum atomic E-state index is 13.1. The Kier molecular flexibility index (Phi) is 5.65. The van der Waals surface area contributed by atoms with Gasteiger partial charge in [0.1, 0.15) is 5.82 Å². The van der Waals surface area contributed by atoms with Crippen LogP contribution < -0.4 is 5.32 Å². The van der Waals surface area contributed by atoms with Crippen LogP contribution in [0.15, 0.2) is 72.8 Å². The van der Waals surface area contributed by atoms with E-state index in [1.807, 2.05) is 60.4 Å². The second kappa shape index (κ2) is 8.90. The van der Waals surface area contributed by atoms with E-state index in [0.717, 1.165) is 54.9 Å². The number of likely N-dealkylation sites (tertiary alicyclic amines) is 1. The average Bonchev–Trinajstić information content (AvgIpc) is 3.19. The number of imidazole rings is 1. The Morgan fingerprint density at radius 2 is 1.61 bits per heavy atom. The quantitative estimate of drug-likeness (QED) is 0.475. The van der Waals surface area contributed by atoms with Gasteiger partial charge in [0, 0.05) is 24.3 Å². The fourth-order valence-corrected chi connectivity index (χ4v) is 4.49. The molecule has 6 heteroatoms. The molecule has 0 bridgehead atoms. The van der Waals surface area contributed by atoms with Crippen LogP contribution in [-0.4, -0.2) is 39.4 Å². The molecule has 0 spiro atoms. The maximum absolute atomic E-state index is 13.1. The molecular weight excluding hydrogens is 412 g/mol. The fraction of sp³-hybridized carbons (Fsp3) is 0.222. The molecule has 2 amide bonds. The maximum Gasteiger partial charge on any atom is 0.255 e. The van der Waals surface area contributed by atoms with Gasteiger partial charge in [0.05, 0.1) is 22.3 Å². The Bertz CT molecular complexity index is 1320. The van der Waals surface area contributed by atoms with Crippen LogP contribution in [0.4, 0.5) is 5.69 Å². The van der Waals surface area contributed by atoms with Gasteiger partial charge < -0.3 is 10.2 Å². The van der Waals surface area contributed by atoms with Crippen LogP contribution in [0, 0.1) is 6.92 Å². The smallest absolute Gasteiger partial charge is 0.255 e. The van der Waals surface area contributed by atoms with Gasteiger partial charge in [-0.15, -0.1) is 0 Å². The van der Waals surface area contributed by atoms with Crippen LogP contribution >= 0.6 is 0 Å². The van der Waals surface area contributed by atoms with Gasteiger partial charge in [-0.2, -0.15) is 0 Å². The molecular formula is C27H26N4O2. The van der Waals surface area contributed by atoms with Crippen LogP contribution in [0.2, 0.25) is 0 Å². The van der Waals surface area contributed by atoms with E-state index < -0.39 is 0 Å². The second-order valence-corrected chi connectivity index (χ2v) is 8.39. The van der Waals surface area contributed by atoms with E-state index in [-0.39, 0.29) is 11.8 Å². The number of carbonyl (C=O) groups is 2. The minimum atomic E-state index is -0.261. The molecule has 4 aromatic rings. The molecule has 1 saturated heterocycles. The van der Waals surface area contributed by atoms with Crippen molar-refractivity contribution in [3.8, 4) is 5.69 Å². The predicted octanol–water partition coefficient (Wildman–Crippen LogP) is 5.21. The van der Waals surface area contributed by atoms with Crippen LogP contribution in [0.25, 0.3) is 16.7 Å². The normalized spacial score (nSPS) is 13.8. The highest BCUT2D eigenvalue weighted by atomic mass is 16.2. The highest BCUT2D eigenvalue weighted by molar-refractivity contribution is 6.10. The van der Waals surface area contributed by atoms with Crippen LogP contribution in [0.3, 0.4) is 0 Å². The Hall–Kier alpha value is -3.93. The predicted molar refractivity (Wildman–Crippen MR) is 130 cm³/mol. The average molecular weight is 439 g/mol. The molecule has 0 atom stereocenters. The van der Waals surface area contributed by atoms with E-state index in [1.165, 1.54) is 0 Å². The van der Waals surface area contributed by atoms with Gasteiger partial charge in [-0.25, -0.2) is 4.98 Å². The first-order chi connectivity index (χ1) is 16.1. The monoisotopic (exact) mass is 438 g/mol. The van der Waals surface area contributed by atoms with Crippen molar-refractivity contribution >= 4 is 28.5 Å². The zero-order valence-corrected chi connectivity index (χ0v) is 18.6. The molecule has 33 heavy (non-hydrogen) atoms. The number of rotatable bonds is 4. The van der Waals surface area contributed by atoms with Crippen LogP contribution in [0.5, 0.6) is 0 Å². The SMILES string of the molecule is Cc1nc2cc(C(=O)Nc3ccccc3C(=O)N3CCCCC3)ccc2n1-c1ccccc1. The largest absolute Gasteiger partial charge is 0.339 e. The highest BCUT2D eigenvalue weighted by Gasteiger charge is 2.22. The number of para-hydroxylation sites is 2. The molecule has 1 aliphatic rings. The first-order valence-corrected chi connectivity index (χ1v) is 11.4. The summed E-state index contributed by atoms with van der Waals surface area (Å²) in [5, 5.41) is 2.94. The molecule has 1 aromatic heterocycles. The standard InChI is InChI=1S/C27H26N4O2/c1-19-28-24-18-20(14-15-25(24)31(19)21-10-4-2-5-11-21)26(32)29-23-13-7-6-12-22(23)27(33)30-16-8-3-9-17-30/h2,4-7,10-15,18H,3,8-9,16-17H2,1H3,(H,29,32). The van der Waals surface area contributed by atoms with Crippen LogP contribution in [-0.2, 0) is 0 Å². The topological polar surface area (TPSA) is 67.2 Å². The van der Waals surface area contributed by atoms with Crippen molar-refractivity contribution in [2.24, 2.45) is 0 Å². The first-order valence-electron chi connectivity index (χ1n) is 11.4. The number of hydrogen-bond donors (Lipinski definition) is 1. The Labute approximate surface area is 192 Å². The summed E-state index contributed by atoms with van der Waals surface area (Å²) >= 11 is 0. The number of carbonyl (C=O) groups excluding carboxylic acids is 2. The zero-order valence-electron chi connectivity index (χ0n) is 18.6. The number of nitrogens with one attached hydrogen (secondary N) is 1. The van der Waals surface area contributed by atoms with E-state index in [0.29, 0.717) is 16.8 Å². The highest BCUT2D eigenvalue weighted by Crippen LogP contribution is 2.24. The molecule has 5 rings (SSSR count). The number of aryl methyl sites for hydroxylation is 1. The molecule has 1 N–H and O–H groups in total. The molecule has 0 saturated carbocycles. The molecule has 1 aliphatic heterocycles. The van der Waals surface area contributed by atoms with Crippen molar-refractivity contribution in [1.82, 2.24) is 14.5 Å². The van der Waals surface area contributed by atoms with Gasteiger partial charge >= 0.3 is 0 Å². The molecule has 0 unspecified atom stereocenters. The second-order valence-electron chi connectivity index (χ2n) is 8.39. The lowest BCUT2D eigenvalue weighted by atomic mass is 10.1. The molecule has 0 radical (unpaired) electrons. The molecule has 0 aliphatic carbocycles. The summed E-state index contributed by atoms with van der Waals surface area (Å²) in [6.07, 6.45) is 3.20. The summed E-state index contributed by atoms with van der Waals surface area (Å²) in [6, 6.07) is 22.8. The zero-order chi connectivity index (χ0) is 22.8. The lowest BCUT2D eigenvalue weighted by Gasteiger charge is -2.27. The number of anilines is 1. The Balaban J connectivity index is 1.42. The number of hydrogen-bond acceptors (Lipinski definition) is 3. The van der Waals surface area contributed by atoms with Crippen molar-refractivity contribution in [1.29, 1.82) is 0 Å². The number of fused-ring (bicyclic) bond motifs is 1. The van der Waals surface area contributed by atoms with Gasteiger partial charge in [-0.1, -0.05) is 30.3 Å². The molecule has 2 heterocycles. The van der Waals surface area contributed by atoms with Gasteiger partial charge in [0.2, 0.25) is 0 Å². The summed E-state index contributed by atoms with van der Waals surface area (Å²) < 4.78 is 2.07. The number of benzene rings is 3. The third kappa shape index (κ3) is 4.12. The number of piperidine rings is 1. The molecule has 1 fully saturated rings. The van der Waals surface area contributed by atoms with E-state index in [4.69, 9.17) is 0 Å². The van der Waals surface area contributed by atoms with E-state index in [2.05, 4.69) is 14.9 Å². The minimum absolute atomic E-state index is 0.0294. The molecule has 3 aromatic carbocycles. The summed E-state index contributed by atoms with van der Waals surface area (Å²) in [5.41, 5.74) is 4.28. The summed E-state index contributed by atoms with van der Waals surface area (Å²) in [4.78, 5) is 32.7. The summed E-state index contributed by atoms with van der Waals surface area (Å²) in [6.45, 7) is 3.48. The van der Waals surface area contributed by atoms with E-state index in [9.17, 15) is 9.59 Å². The van der Waals surface area contributed by atoms with Crippen molar-refractivity contribution in [3.63, 3.8) is 0 Å². The number of aromatic nitrogens is 2. The lowest BCUT2D eigenvalue weighted by Crippen LogP contribution is -2.36. The fourth-order valence-electron chi connectivity index (χ4n) is 4.49. The number of nitrogens with zero attached hydrogens (tertiary/aromatic N) is 3. The van der Waals surface area contributed by atoms with Gasteiger partial charge in [-0.3, -0.25) is 14.2 Å². The lowest BCUT2D eigenvalue weighted by molar-refractivity contribution is 0.0725. The first kappa shape index (κ1) is 20.9. The van der Waals surface area contributed by atoms with Gasteiger partial charge in [0.25, 0.3) is 11.8 Å².